The Bertz CT molecular complexity index is 775. The molecule has 4 heteroatoms. The molecule has 1 amide bonds. The highest BCUT2D eigenvalue weighted by Crippen LogP contribution is 2.42. The minimum atomic E-state index is -0.0927. The van der Waals surface area contributed by atoms with E-state index in [0.717, 1.165) is 36.3 Å². The van der Waals surface area contributed by atoms with Gasteiger partial charge in [0.2, 0.25) is 5.91 Å². The van der Waals surface area contributed by atoms with Crippen LogP contribution in [0.1, 0.15) is 43.0 Å². The summed E-state index contributed by atoms with van der Waals surface area (Å²) in [5, 5.41) is 0. The van der Waals surface area contributed by atoms with Crippen LogP contribution < -0.4 is 4.74 Å². The molecule has 2 aromatic rings. The minimum Gasteiger partial charge on any atom is -0.493 e. The van der Waals surface area contributed by atoms with Gasteiger partial charge in [0.15, 0.2) is 0 Å². The highest BCUT2D eigenvalue weighted by molar-refractivity contribution is 5.82. The van der Waals surface area contributed by atoms with Crippen molar-refractivity contribution in [1.82, 2.24) is 9.88 Å². The predicted molar refractivity (Wildman–Crippen MR) is 96.4 cm³/mol. The molecule has 0 saturated heterocycles. The van der Waals surface area contributed by atoms with Crippen molar-refractivity contribution in [1.29, 1.82) is 0 Å². The van der Waals surface area contributed by atoms with Gasteiger partial charge in [0.25, 0.3) is 0 Å². The highest BCUT2D eigenvalue weighted by atomic mass is 16.5. The number of fused-ring (bicyclic) bond motifs is 1. The average molecular weight is 336 g/mol. The van der Waals surface area contributed by atoms with Gasteiger partial charge in [0, 0.05) is 31.3 Å². The van der Waals surface area contributed by atoms with Crippen molar-refractivity contribution in [2.75, 3.05) is 13.2 Å². The van der Waals surface area contributed by atoms with Gasteiger partial charge in [-0.25, -0.2) is 0 Å². The molecule has 1 fully saturated rings. The summed E-state index contributed by atoms with van der Waals surface area (Å²) < 4.78 is 5.64. The summed E-state index contributed by atoms with van der Waals surface area (Å²) in [5.74, 6) is 1.92. The Morgan fingerprint density at radius 3 is 2.88 bits per heavy atom. The third-order valence-corrected chi connectivity index (χ3v) is 5.39. The van der Waals surface area contributed by atoms with Crippen LogP contribution in [0.3, 0.4) is 0 Å². The van der Waals surface area contributed by atoms with E-state index in [4.69, 9.17) is 4.74 Å². The van der Waals surface area contributed by atoms with Crippen LogP contribution >= 0.6 is 0 Å². The number of pyridine rings is 1. The number of carbonyl (C=O) groups excluding carboxylic acids is 1. The molecule has 0 unspecified atom stereocenters. The quantitative estimate of drug-likeness (QED) is 0.838. The summed E-state index contributed by atoms with van der Waals surface area (Å²) in [6.45, 7) is 5.65. The van der Waals surface area contributed by atoms with E-state index < -0.39 is 0 Å². The van der Waals surface area contributed by atoms with Crippen LogP contribution in [0.5, 0.6) is 5.75 Å². The maximum atomic E-state index is 13.0. The van der Waals surface area contributed by atoms with Gasteiger partial charge in [-0.15, -0.1) is 0 Å². The Morgan fingerprint density at radius 1 is 1.36 bits per heavy atom. The molecule has 2 aliphatic rings. The van der Waals surface area contributed by atoms with Crippen LogP contribution in [0.2, 0.25) is 0 Å². The van der Waals surface area contributed by atoms with Crippen LogP contribution in [0.25, 0.3) is 0 Å². The second-order valence-electron chi connectivity index (χ2n) is 7.10. The van der Waals surface area contributed by atoms with E-state index in [9.17, 15) is 4.79 Å². The fraction of sp³-hybridized carbons (Fsp3) is 0.429. The van der Waals surface area contributed by atoms with Gasteiger partial charge >= 0.3 is 0 Å². The molecule has 0 radical (unpaired) electrons. The first-order valence-electron chi connectivity index (χ1n) is 9.15. The summed E-state index contributed by atoms with van der Waals surface area (Å²) in [6.07, 6.45) is 5.59. The molecule has 3 atom stereocenters. The summed E-state index contributed by atoms with van der Waals surface area (Å²) in [4.78, 5) is 19.4. The Labute approximate surface area is 148 Å². The lowest BCUT2D eigenvalue weighted by Gasteiger charge is -2.32. The molecule has 1 aromatic heterocycles. The number of benzene rings is 1. The van der Waals surface area contributed by atoms with E-state index in [1.165, 1.54) is 5.56 Å². The zero-order valence-corrected chi connectivity index (χ0v) is 14.8. The van der Waals surface area contributed by atoms with Crippen LogP contribution in [0.4, 0.5) is 0 Å². The monoisotopic (exact) mass is 336 g/mol. The first-order chi connectivity index (χ1) is 12.2. The van der Waals surface area contributed by atoms with Crippen LogP contribution in [-0.2, 0) is 11.2 Å². The number of amides is 1. The lowest BCUT2D eigenvalue weighted by Crippen LogP contribution is -2.37. The molecule has 130 valence electrons. The maximum absolute atomic E-state index is 13.0. The van der Waals surface area contributed by atoms with Gasteiger partial charge < -0.3 is 9.64 Å². The number of hydrogen-bond donors (Lipinski definition) is 0. The Kier molecular flexibility index (Phi) is 4.20. The molecule has 1 aromatic carbocycles. The largest absolute Gasteiger partial charge is 0.493 e. The molecule has 1 saturated carbocycles. The van der Waals surface area contributed by atoms with Gasteiger partial charge in [0.1, 0.15) is 5.75 Å². The SMILES string of the molecule is CCN(C(=O)[C@@H]1C[C@H]1C)[C@H](c1cccnc1)c1ccc2c(c1)CCO2. The molecular weight excluding hydrogens is 312 g/mol. The summed E-state index contributed by atoms with van der Waals surface area (Å²) in [5.41, 5.74) is 3.43. The number of hydrogen-bond acceptors (Lipinski definition) is 3. The van der Waals surface area contributed by atoms with Gasteiger partial charge in [0.05, 0.1) is 12.6 Å². The third-order valence-electron chi connectivity index (χ3n) is 5.39. The molecule has 25 heavy (non-hydrogen) atoms. The van der Waals surface area contributed by atoms with E-state index in [1.807, 2.05) is 23.2 Å². The number of ether oxygens (including phenoxy) is 1. The highest BCUT2D eigenvalue weighted by Gasteiger charge is 2.43. The lowest BCUT2D eigenvalue weighted by atomic mass is 9.95. The van der Waals surface area contributed by atoms with Crippen LogP contribution in [0.15, 0.2) is 42.7 Å². The van der Waals surface area contributed by atoms with Crippen LogP contribution in [0, 0.1) is 11.8 Å². The summed E-state index contributed by atoms with van der Waals surface area (Å²) in [6, 6.07) is 10.2. The van der Waals surface area contributed by atoms with E-state index in [-0.39, 0.29) is 17.9 Å². The number of nitrogens with zero attached hydrogens (tertiary/aromatic N) is 2. The topological polar surface area (TPSA) is 42.4 Å². The first-order valence-corrected chi connectivity index (χ1v) is 9.15. The van der Waals surface area contributed by atoms with Crippen LogP contribution in [-0.4, -0.2) is 28.9 Å². The van der Waals surface area contributed by atoms with Gasteiger partial charge in [-0.3, -0.25) is 9.78 Å². The zero-order valence-electron chi connectivity index (χ0n) is 14.8. The number of rotatable bonds is 5. The molecule has 4 nitrogen and oxygen atoms in total. The number of aromatic nitrogens is 1. The second kappa shape index (κ2) is 6.51. The molecule has 0 bridgehead atoms. The Balaban J connectivity index is 1.75. The Hall–Kier alpha value is -2.36. The molecule has 2 heterocycles. The van der Waals surface area contributed by atoms with E-state index in [0.29, 0.717) is 12.5 Å². The molecule has 0 N–H and O–H groups in total. The first kappa shape index (κ1) is 16.1. The Morgan fingerprint density at radius 2 is 2.20 bits per heavy atom. The van der Waals surface area contributed by atoms with E-state index >= 15 is 0 Å². The fourth-order valence-corrected chi connectivity index (χ4v) is 3.81. The molecule has 0 spiro atoms. The summed E-state index contributed by atoms with van der Waals surface area (Å²) in [7, 11) is 0. The maximum Gasteiger partial charge on any atom is 0.226 e. The summed E-state index contributed by atoms with van der Waals surface area (Å²) >= 11 is 0. The van der Waals surface area contributed by atoms with Gasteiger partial charge in [-0.05, 0) is 54.2 Å². The minimum absolute atomic E-state index is 0.0927. The molecule has 4 rings (SSSR count). The van der Waals surface area contributed by atoms with E-state index in [1.54, 1.807) is 6.20 Å². The van der Waals surface area contributed by atoms with Gasteiger partial charge in [-0.2, -0.15) is 0 Å². The normalized spacial score (nSPS) is 22.0. The second-order valence-corrected chi connectivity index (χ2v) is 7.10. The van der Waals surface area contributed by atoms with Crippen molar-refractivity contribution in [3.63, 3.8) is 0 Å². The molecule has 1 aliphatic carbocycles. The smallest absolute Gasteiger partial charge is 0.226 e. The standard InChI is InChI=1S/C21H24N2O2/c1-3-23(21(24)18-11-14(18)2)20(17-5-4-9-22-13-17)16-6-7-19-15(12-16)8-10-25-19/h4-7,9,12-14,18,20H,3,8,10-11H2,1-2H3/t14-,18-,20+/m1/s1. The van der Waals surface area contributed by atoms with Crippen molar-refractivity contribution in [2.45, 2.75) is 32.7 Å². The average Bonchev–Trinajstić information content (AvgIpc) is 3.19. The van der Waals surface area contributed by atoms with E-state index in [2.05, 4.69) is 37.0 Å². The van der Waals surface area contributed by atoms with Crippen molar-refractivity contribution in [3.8, 4) is 5.75 Å². The lowest BCUT2D eigenvalue weighted by molar-refractivity contribution is -0.134. The van der Waals surface area contributed by atoms with Crippen molar-refractivity contribution >= 4 is 5.91 Å². The fourth-order valence-electron chi connectivity index (χ4n) is 3.81. The number of carbonyl (C=O) groups is 1. The van der Waals surface area contributed by atoms with Crippen molar-refractivity contribution in [2.24, 2.45) is 11.8 Å². The molecular formula is C21H24N2O2. The molecule has 1 aliphatic heterocycles. The predicted octanol–water partition coefficient (Wildman–Crippen LogP) is 3.61. The zero-order chi connectivity index (χ0) is 17.4. The third kappa shape index (κ3) is 3.01. The van der Waals surface area contributed by atoms with Crippen molar-refractivity contribution in [3.05, 3.63) is 59.4 Å². The van der Waals surface area contributed by atoms with Gasteiger partial charge in [-0.1, -0.05) is 19.1 Å². The van der Waals surface area contributed by atoms with Crippen molar-refractivity contribution < 1.29 is 9.53 Å².